The van der Waals surface area contributed by atoms with Crippen LogP contribution in [0, 0.1) is 0 Å². The molecule has 0 saturated carbocycles. The third kappa shape index (κ3) is 40.8. The van der Waals surface area contributed by atoms with Crippen molar-refractivity contribution in [3.05, 3.63) is 36.5 Å². The highest BCUT2D eigenvalue weighted by molar-refractivity contribution is 5.71. The SMILES string of the molecule is CCCCCC/C=C\CCCC(=O)OCC(COC(=O)CCCCC/C=C\CCCCCCCCC)OC(=O)CCCCC/C=C\CCCCCCCC. The van der Waals surface area contributed by atoms with Crippen molar-refractivity contribution in [1.29, 1.82) is 0 Å². The van der Waals surface area contributed by atoms with Gasteiger partial charge in [-0.3, -0.25) is 14.4 Å². The van der Waals surface area contributed by atoms with Crippen LogP contribution in [0.1, 0.15) is 233 Å². The molecule has 0 aliphatic rings. The fourth-order valence-electron chi connectivity index (χ4n) is 6.32. The van der Waals surface area contributed by atoms with Gasteiger partial charge in [0.15, 0.2) is 6.10 Å². The lowest BCUT2D eigenvalue weighted by Crippen LogP contribution is -2.30. The standard InChI is InChI=1S/C48H86O6/c1-4-7-10-13-16-19-21-23-25-26-29-32-35-38-41-47(50)53-44-45(43-52-46(49)40-37-34-31-28-18-15-12-9-6-3)54-48(51)42-39-36-33-30-27-24-22-20-17-14-11-8-5-2/h24-28,31,45H,4-23,29-30,32-44H2,1-3H3/b26-25-,27-24-,31-28-. The van der Waals surface area contributed by atoms with Crippen LogP contribution in [0.2, 0.25) is 0 Å². The average molecular weight is 759 g/mol. The molecule has 0 aliphatic carbocycles. The van der Waals surface area contributed by atoms with Crippen LogP contribution >= 0.6 is 0 Å². The first-order chi connectivity index (χ1) is 26.5. The highest BCUT2D eigenvalue weighted by Crippen LogP contribution is 2.13. The molecular weight excluding hydrogens is 673 g/mol. The molecule has 0 spiro atoms. The third-order valence-corrected chi connectivity index (χ3v) is 9.84. The second kappa shape index (κ2) is 43.4. The summed E-state index contributed by atoms with van der Waals surface area (Å²) in [7, 11) is 0. The minimum absolute atomic E-state index is 0.0939. The highest BCUT2D eigenvalue weighted by Gasteiger charge is 2.19. The largest absolute Gasteiger partial charge is 0.462 e. The number of carbonyl (C=O) groups excluding carboxylic acids is 3. The van der Waals surface area contributed by atoms with Gasteiger partial charge in [0.2, 0.25) is 0 Å². The first-order valence-corrected chi connectivity index (χ1v) is 23.0. The third-order valence-electron chi connectivity index (χ3n) is 9.84. The van der Waals surface area contributed by atoms with Gasteiger partial charge in [-0.15, -0.1) is 0 Å². The molecular formula is C48H86O6. The minimum Gasteiger partial charge on any atom is -0.462 e. The fourth-order valence-corrected chi connectivity index (χ4v) is 6.32. The summed E-state index contributed by atoms with van der Waals surface area (Å²) in [6.45, 7) is 6.53. The second-order valence-electron chi connectivity index (χ2n) is 15.3. The van der Waals surface area contributed by atoms with E-state index in [1.54, 1.807) is 0 Å². The van der Waals surface area contributed by atoms with Crippen molar-refractivity contribution < 1.29 is 28.6 Å². The summed E-state index contributed by atoms with van der Waals surface area (Å²) in [5.41, 5.74) is 0. The van der Waals surface area contributed by atoms with Crippen LogP contribution in [-0.2, 0) is 28.6 Å². The lowest BCUT2D eigenvalue weighted by molar-refractivity contribution is -0.167. The number of ether oxygens (including phenoxy) is 3. The van der Waals surface area contributed by atoms with E-state index in [4.69, 9.17) is 14.2 Å². The zero-order valence-corrected chi connectivity index (χ0v) is 35.7. The summed E-state index contributed by atoms with van der Waals surface area (Å²) in [5.74, 6) is -0.961. The maximum absolute atomic E-state index is 12.7. The van der Waals surface area contributed by atoms with Crippen molar-refractivity contribution in [1.82, 2.24) is 0 Å². The van der Waals surface area contributed by atoms with Crippen molar-refractivity contribution in [3.63, 3.8) is 0 Å². The first kappa shape index (κ1) is 51.6. The van der Waals surface area contributed by atoms with Gasteiger partial charge in [0.1, 0.15) is 13.2 Å². The minimum atomic E-state index is -0.792. The van der Waals surface area contributed by atoms with E-state index in [9.17, 15) is 14.4 Å². The van der Waals surface area contributed by atoms with Crippen LogP contribution < -0.4 is 0 Å². The molecule has 0 bridgehead atoms. The van der Waals surface area contributed by atoms with E-state index in [0.717, 1.165) is 77.0 Å². The zero-order valence-electron chi connectivity index (χ0n) is 35.7. The van der Waals surface area contributed by atoms with Crippen molar-refractivity contribution in [2.45, 2.75) is 239 Å². The Morgan fingerprint density at radius 1 is 0.352 bits per heavy atom. The van der Waals surface area contributed by atoms with Crippen molar-refractivity contribution in [2.24, 2.45) is 0 Å². The molecule has 0 saturated heterocycles. The van der Waals surface area contributed by atoms with Crippen LogP contribution in [0.5, 0.6) is 0 Å². The molecule has 0 aliphatic heterocycles. The Morgan fingerprint density at radius 2 is 0.630 bits per heavy atom. The number of esters is 3. The molecule has 6 nitrogen and oxygen atoms in total. The maximum atomic E-state index is 12.7. The fraction of sp³-hybridized carbons (Fsp3) is 0.812. The van der Waals surface area contributed by atoms with Gasteiger partial charge >= 0.3 is 17.9 Å². The molecule has 0 aromatic heterocycles. The van der Waals surface area contributed by atoms with Gasteiger partial charge in [0, 0.05) is 19.3 Å². The van der Waals surface area contributed by atoms with Gasteiger partial charge in [-0.1, -0.05) is 160 Å². The predicted octanol–water partition coefficient (Wildman–Crippen LogP) is 14.6. The molecule has 0 radical (unpaired) electrons. The summed E-state index contributed by atoms with van der Waals surface area (Å²) in [4.78, 5) is 37.6. The number of allylic oxidation sites excluding steroid dienone is 6. The van der Waals surface area contributed by atoms with Crippen LogP contribution in [0.4, 0.5) is 0 Å². The lowest BCUT2D eigenvalue weighted by atomic mass is 10.1. The van der Waals surface area contributed by atoms with Crippen LogP contribution in [-0.4, -0.2) is 37.2 Å². The molecule has 6 heteroatoms. The Balaban J connectivity index is 4.41. The molecule has 0 aromatic carbocycles. The highest BCUT2D eigenvalue weighted by atomic mass is 16.6. The van der Waals surface area contributed by atoms with E-state index in [2.05, 4.69) is 57.2 Å². The second-order valence-corrected chi connectivity index (χ2v) is 15.3. The van der Waals surface area contributed by atoms with Gasteiger partial charge in [0.25, 0.3) is 0 Å². The first-order valence-electron chi connectivity index (χ1n) is 23.0. The van der Waals surface area contributed by atoms with E-state index in [1.165, 1.54) is 109 Å². The molecule has 54 heavy (non-hydrogen) atoms. The summed E-state index contributed by atoms with van der Waals surface area (Å²) >= 11 is 0. The van der Waals surface area contributed by atoms with Gasteiger partial charge in [0.05, 0.1) is 0 Å². The van der Waals surface area contributed by atoms with Crippen LogP contribution in [0.15, 0.2) is 36.5 Å². The van der Waals surface area contributed by atoms with Crippen molar-refractivity contribution >= 4 is 17.9 Å². The molecule has 0 fully saturated rings. The van der Waals surface area contributed by atoms with Gasteiger partial charge in [-0.05, 0) is 89.9 Å². The molecule has 314 valence electrons. The Kier molecular flexibility index (Phi) is 41.5. The van der Waals surface area contributed by atoms with Gasteiger partial charge < -0.3 is 14.2 Å². The Morgan fingerprint density at radius 3 is 1.02 bits per heavy atom. The zero-order chi connectivity index (χ0) is 39.4. The lowest BCUT2D eigenvalue weighted by Gasteiger charge is -2.18. The monoisotopic (exact) mass is 759 g/mol. The van der Waals surface area contributed by atoms with Crippen molar-refractivity contribution in [2.75, 3.05) is 13.2 Å². The Hall–Kier alpha value is -2.37. The molecule has 1 unspecified atom stereocenters. The predicted molar refractivity (Wildman–Crippen MR) is 229 cm³/mol. The number of unbranched alkanes of at least 4 members (excludes halogenated alkanes) is 24. The summed E-state index contributed by atoms with van der Waals surface area (Å²) in [5, 5.41) is 0. The topological polar surface area (TPSA) is 78.9 Å². The Labute approximate surface area is 334 Å². The number of carbonyl (C=O) groups is 3. The summed E-state index contributed by atoms with van der Waals surface area (Å²) < 4.78 is 16.6. The van der Waals surface area contributed by atoms with Crippen LogP contribution in [0.25, 0.3) is 0 Å². The summed E-state index contributed by atoms with van der Waals surface area (Å²) in [6.07, 6.45) is 48.5. The van der Waals surface area contributed by atoms with Gasteiger partial charge in [-0.2, -0.15) is 0 Å². The van der Waals surface area contributed by atoms with E-state index in [1.807, 2.05) is 0 Å². The average Bonchev–Trinajstić information content (AvgIpc) is 3.17. The van der Waals surface area contributed by atoms with E-state index >= 15 is 0 Å². The number of rotatable bonds is 41. The Bertz CT molecular complexity index is 922. The van der Waals surface area contributed by atoms with E-state index < -0.39 is 6.10 Å². The van der Waals surface area contributed by atoms with Crippen LogP contribution in [0.3, 0.4) is 0 Å². The van der Waals surface area contributed by atoms with Crippen molar-refractivity contribution in [3.8, 4) is 0 Å². The summed E-state index contributed by atoms with van der Waals surface area (Å²) in [6, 6.07) is 0. The molecule has 0 aromatic rings. The number of hydrogen-bond donors (Lipinski definition) is 0. The molecule has 0 amide bonds. The maximum Gasteiger partial charge on any atom is 0.306 e. The smallest absolute Gasteiger partial charge is 0.306 e. The van der Waals surface area contributed by atoms with E-state index in [0.29, 0.717) is 25.7 Å². The molecule has 1 atom stereocenters. The molecule has 0 rings (SSSR count). The molecule has 0 N–H and O–H groups in total. The molecule has 0 heterocycles. The van der Waals surface area contributed by atoms with E-state index in [-0.39, 0.29) is 31.1 Å². The van der Waals surface area contributed by atoms with Gasteiger partial charge in [-0.25, -0.2) is 0 Å². The number of hydrogen-bond acceptors (Lipinski definition) is 6. The quantitative estimate of drug-likeness (QED) is 0.0267. The normalized spacial score (nSPS) is 12.3.